The molecule has 2 nitrogen and oxygen atoms in total. The molecule has 0 spiro atoms. The lowest BCUT2D eigenvalue weighted by Gasteiger charge is -2.29. The lowest BCUT2D eigenvalue weighted by Crippen LogP contribution is -2.11. The molecule has 0 aromatic heterocycles. The van der Waals surface area contributed by atoms with E-state index in [1.165, 1.54) is 49.4 Å². The Morgan fingerprint density at radius 1 is 0.304 bits per heavy atom. The molecule has 0 N–H and O–H groups in total. The molecule has 10 aromatic carbocycles. The number of benzene rings is 10. The first-order chi connectivity index (χ1) is 27.7. The summed E-state index contributed by atoms with van der Waals surface area (Å²) in [7, 11) is 0. The van der Waals surface area contributed by atoms with Crippen molar-refractivity contribution in [2.45, 2.75) is 0 Å². The van der Waals surface area contributed by atoms with Crippen molar-refractivity contribution in [2.24, 2.45) is 0 Å². The van der Waals surface area contributed by atoms with Gasteiger partial charge in [-0.05, 0) is 121 Å². The van der Waals surface area contributed by atoms with E-state index in [1.54, 1.807) is 0 Å². The van der Waals surface area contributed by atoms with Crippen molar-refractivity contribution in [3.63, 3.8) is 0 Å². The van der Waals surface area contributed by atoms with E-state index in [4.69, 9.17) is 4.74 Å². The van der Waals surface area contributed by atoms with Gasteiger partial charge in [-0.2, -0.15) is 0 Å². The lowest BCUT2D eigenvalue weighted by atomic mass is 9.90. The van der Waals surface area contributed by atoms with E-state index in [1.807, 2.05) is 6.07 Å². The van der Waals surface area contributed by atoms with Crippen molar-refractivity contribution in [2.75, 3.05) is 4.90 Å². The minimum atomic E-state index is 0.891. The molecule has 0 saturated carbocycles. The van der Waals surface area contributed by atoms with Crippen LogP contribution in [0.4, 0.5) is 17.1 Å². The van der Waals surface area contributed by atoms with E-state index in [0.717, 1.165) is 56.0 Å². The van der Waals surface area contributed by atoms with Crippen LogP contribution in [0.3, 0.4) is 0 Å². The van der Waals surface area contributed by atoms with Crippen LogP contribution < -0.4 is 9.64 Å². The van der Waals surface area contributed by atoms with Gasteiger partial charge in [-0.3, -0.25) is 0 Å². The van der Waals surface area contributed by atoms with E-state index >= 15 is 0 Å². The topological polar surface area (TPSA) is 12.5 Å². The highest BCUT2D eigenvalue weighted by atomic mass is 16.5. The normalized spacial score (nSPS) is 11.7. The van der Waals surface area contributed by atoms with Crippen LogP contribution in [0.25, 0.3) is 76.8 Å². The van der Waals surface area contributed by atoms with Crippen molar-refractivity contribution >= 4 is 49.4 Å². The average Bonchev–Trinajstić information content (AvgIpc) is 3.27. The number of hydrogen-bond donors (Lipinski definition) is 0. The summed E-state index contributed by atoms with van der Waals surface area (Å²) in [5, 5.41) is 7.27. The number of ether oxygens (including phenoxy) is 1. The predicted molar refractivity (Wildman–Crippen MR) is 235 cm³/mol. The zero-order valence-corrected chi connectivity index (χ0v) is 30.6. The van der Waals surface area contributed by atoms with Gasteiger partial charge in [-0.25, -0.2) is 0 Å². The Balaban J connectivity index is 1.08. The van der Waals surface area contributed by atoms with Gasteiger partial charge in [0.2, 0.25) is 0 Å². The number of anilines is 3. The minimum Gasteiger partial charge on any atom is -0.456 e. The van der Waals surface area contributed by atoms with Crippen molar-refractivity contribution in [3.8, 4) is 56.0 Å². The largest absolute Gasteiger partial charge is 0.456 e. The Morgan fingerprint density at radius 2 is 0.929 bits per heavy atom. The Kier molecular flexibility index (Phi) is 7.53. The zero-order valence-electron chi connectivity index (χ0n) is 30.6. The van der Waals surface area contributed by atoms with E-state index in [-0.39, 0.29) is 0 Å². The number of nitrogens with zero attached hydrogens (tertiary/aromatic N) is 1. The first-order valence-electron chi connectivity index (χ1n) is 19.2. The van der Waals surface area contributed by atoms with Gasteiger partial charge in [0.1, 0.15) is 11.5 Å². The second-order valence-corrected chi connectivity index (χ2v) is 14.5. The number of hydrogen-bond acceptors (Lipinski definition) is 2. The summed E-state index contributed by atoms with van der Waals surface area (Å²) in [6.07, 6.45) is 0. The first-order valence-corrected chi connectivity index (χ1v) is 19.2. The fourth-order valence-corrected chi connectivity index (χ4v) is 8.53. The molecule has 0 saturated heterocycles. The van der Waals surface area contributed by atoms with Crippen LogP contribution in [0.15, 0.2) is 212 Å². The van der Waals surface area contributed by atoms with Gasteiger partial charge in [-0.15, -0.1) is 0 Å². The highest BCUT2D eigenvalue weighted by Crippen LogP contribution is 2.49. The van der Waals surface area contributed by atoms with Gasteiger partial charge in [0.05, 0.1) is 5.69 Å². The average molecular weight is 714 g/mol. The van der Waals surface area contributed by atoms with E-state index in [9.17, 15) is 0 Å². The maximum absolute atomic E-state index is 6.37. The fraction of sp³-hybridized carbons (Fsp3) is 0. The molecule has 0 unspecified atom stereocenters. The lowest BCUT2D eigenvalue weighted by molar-refractivity contribution is 0.487. The minimum absolute atomic E-state index is 0.891. The molecule has 1 heterocycles. The van der Waals surface area contributed by atoms with Gasteiger partial charge in [0.25, 0.3) is 0 Å². The van der Waals surface area contributed by atoms with Gasteiger partial charge < -0.3 is 9.64 Å². The standard InChI is InChI=1S/C54H35NO/c1-2-14-39-32-41(27-26-36(39)12-1)37-28-30-44(31-29-37)55(51-23-7-5-20-48(51)47-22-10-15-38-13-3-4-19-46(38)47)45-18-9-16-40(34-45)43-33-42-17-11-25-53-54(42)50(35-43)49-21-6-8-24-52(49)56-53/h1-35H. The molecule has 56 heavy (non-hydrogen) atoms. The summed E-state index contributed by atoms with van der Waals surface area (Å²) in [5.41, 5.74) is 12.7. The highest BCUT2D eigenvalue weighted by molar-refractivity contribution is 6.07. The quantitative estimate of drug-likeness (QED) is 0.170. The Hall–Kier alpha value is -7.42. The summed E-state index contributed by atoms with van der Waals surface area (Å²) in [6.45, 7) is 0. The molecule has 10 aromatic rings. The fourth-order valence-electron chi connectivity index (χ4n) is 8.53. The molecular weight excluding hydrogens is 679 g/mol. The molecule has 0 aliphatic carbocycles. The molecular formula is C54H35NO. The van der Waals surface area contributed by atoms with Crippen LogP contribution in [-0.2, 0) is 0 Å². The first kappa shape index (κ1) is 32.0. The summed E-state index contributed by atoms with van der Waals surface area (Å²) >= 11 is 0. The Bertz CT molecular complexity index is 3120. The summed E-state index contributed by atoms with van der Waals surface area (Å²) in [4.78, 5) is 2.41. The van der Waals surface area contributed by atoms with Crippen molar-refractivity contribution in [1.82, 2.24) is 0 Å². The van der Waals surface area contributed by atoms with Crippen LogP contribution in [0.5, 0.6) is 11.5 Å². The number of rotatable bonds is 6. The summed E-state index contributed by atoms with van der Waals surface area (Å²) in [5.74, 6) is 1.79. The third-order valence-electron chi connectivity index (χ3n) is 11.2. The van der Waals surface area contributed by atoms with Crippen LogP contribution in [0, 0.1) is 0 Å². The third kappa shape index (κ3) is 5.42. The number of para-hydroxylation sites is 2. The van der Waals surface area contributed by atoms with Crippen molar-refractivity contribution in [3.05, 3.63) is 212 Å². The molecule has 2 heteroatoms. The van der Waals surface area contributed by atoms with Crippen molar-refractivity contribution in [1.29, 1.82) is 0 Å². The van der Waals surface area contributed by atoms with E-state index in [0.29, 0.717) is 0 Å². The highest BCUT2D eigenvalue weighted by Gasteiger charge is 2.22. The molecule has 0 amide bonds. The van der Waals surface area contributed by atoms with Gasteiger partial charge in [-0.1, -0.05) is 152 Å². The third-order valence-corrected chi connectivity index (χ3v) is 11.2. The molecule has 0 radical (unpaired) electrons. The van der Waals surface area contributed by atoms with Crippen molar-refractivity contribution < 1.29 is 4.74 Å². The second kappa shape index (κ2) is 13.2. The molecule has 262 valence electrons. The Morgan fingerprint density at radius 3 is 1.84 bits per heavy atom. The predicted octanol–water partition coefficient (Wildman–Crippen LogP) is 15.4. The molecule has 0 bridgehead atoms. The maximum Gasteiger partial charge on any atom is 0.135 e. The second-order valence-electron chi connectivity index (χ2n) is 14.5. The van der Waals surface area contributed by atoms with E-state index < -0.39 is 0 Å². The van der Waals surface area contributed by atoms with Gasteiger partial charge in [0, 0.05) is 27.9 Å². The Labute approximate surface area is 326 Å². The molecule has 0 atom stereocenters. The smallest absolute Gasteiger partial charge is 0.135 e. The molecule has 11 rings (SSSR count). The van der Waals surface area contributed by atoms with Crippen LogP contribution in [0.2, 0.25) is 0 Å². The van der Waals surface area contributed by atoms with Crippen LogP contribution >= 0.6 is 0 Å². The summed E-state index contributed by atoms with van der Waals surface area (Å²) < 4.78 is 6.37. The maximum atomic E-state index is 6.37. The van der Waals surface area contributed by atoms with Gasteiger partial charge in [0.15, 0.2) is 0 Å². The summed E-state index contributed by atoms with van der Waals surface area (Å²) in [6, 6.07) is 76.6. The molecule has 0 fully saturated rings. The SMILES string of the molecule is c1cc(-c2cc3c4c(cccc4c2)Oc2ccccc2-3)cc(N(c2ccc(-c3ccc4ccccc4c3)cc2)c2ccccc2-c2cccc3ccccc23)c1. The van der Waals surface area contributed by atoms with Crippen LogP contribution in [0.1, 0.15) is 0 Å². The van der Waals surface area contributed by atoms with Crippen LogP contribution in [-0.4, -0.2) is 0 Å². The zero-order chi connectivity index (χ0) is 37.0. The monoisotopic (exact) mass is 713 g/mol. The number of fused-ring (bicyclic) bond motifs is 4. The van der Waals surface area contributed by atoms with E-state index in [2.05, 4.69) is 211 Å². The molecule has 1 aliphatic heterocycles. The van der Waals surface area contributed by atoms with Gasteiger partial charge >= 0.3 is 0 Å². The molecule has 1 aliphatic rings.